The molecule has 2 aromatic rings. The zero-order chi connectivity index (χ0) is 16.9. The molecule has 1 heterocycles. The molecule has 1 saturated carbocycles. The van der Waals surface area contributed by atoms with Crippen LogP contribution in [0.5, 0.6) is 11.5 Å². The number of hydrogen-bond donors (Lipinski definition) is 1. The van der Waals surface area contributed by atoms with Gasteiger partial charge in [0.25, 0.3) is 0 Å². The summed E-state index contributed by atoms with van der Waals surface area (Å²) in [5.41, 5.74) is 1.87. The Balaban J connectivity index is 1.67. The van der Waals surface area contributed by atoms with E-state index in [1.807, 2.05) is 19.1 Å². The zero-order valence-corrected chi connectivity index (χ0v) is 14.0. The van der Waals surface area contributed by atoms with Crippen LogP contribution < -0.4 is 9.47 Å². The monoisotopic (exact) mass is 346 g/mol. The fraction of sp³-hybridized carbons (Fsp3) is 0.333. The summed E-state index contributed by atoms with van der Waals surface area (Å²) >= 11 is 0. The highest BCUT2D eigenvalue weighted by Gasteiger charge is 2.58. The van der Waals surface area contributed by atoms with Gasteiger partial charge in [-0.3, -0.25) is 0 Å². The summed E-state index contributed by atoms with van der Waals surface area (Å²) in [6, 6.07) is 12.3. The SMILES string of the molecule is Cc1ccc(S(=O)(=O)[C@@H]2[C@@H](CO)[C@@H]2c2ccc3c(c2)OCO3)cc1. The van der Waals surface area contributed by atoms with Crippen molar-refractivity contribution in [1.29, 1.82) is 0 Å². The number of aliphatic hydroxyl groups is 1. The van der Waals surface area contributed by atoms with Gasteiger partial charge in [-0.05, 0) is 36.8 Å². The van der Waals surface area contributed by atoms with Crippen LogP contribution >= 0.6 is 0 Å². The average molecular weight is 346 g/mol. The molecule has 1 fully saturated rings. The predicted octanol–water partition coefficient (Wildman–Crippen LogP) is 2.27. The van der Waals surface area contributed by atoms with Crippen LogP contribution in [0.15, 0.2) is 47.4 Å². The Kier molecular flexibility index (Phi) is 3.54. The largest absolute Gasteiger partial charge is 0.454 e. The summed E-state index contributed by atoms with van der Waals surface area (Å²) in [5.74, 6) is 0.771. The summed E-state index contributed by atoms with van der Waals surface area (Å²) in [6.07, 6.45) is 0. The number of aliphatic hydroxyl groups excluding tert-OH is 1. The molecule has 5 nitrogen and oxygen atoms in total. The highest BCUT2D eigenvalue weighted by molar-refractivity contribution is 7.92. The van der Waals surface area contributed by atoms with E-state index in [9.17, 15) is 13.5 Å². The third kappa shape index (κ3) is 2.37. The van der Waals surface area contributed by atoms with Crippen LogP contribution in [-0.2, 0) is 9.84 Å². The highest BCUT2D eigenvalue weighted by atomic mass is 32.2. The lowest BCUT2D eigenvalue weighted by Gasteiger charge is -2.05. The number of fused-ring (bicyclic) bond motifs is 1. The molecule has 0 radical (unpaired) electrons. The number of hydrogen-bond acceptors (Lipinski definition) is 5. The molecular weight excluding hydrogens is 328 g/mol. The van der Waals surface area contributed by atoms with E-state index in [-0.39, 0.29) is 25.2 Å². The lowest BCUT2D eigenvalue weighted by Crippen LogP contribution is -2.11. The highest BCUT2D eigenvalue weighted by Crippen LogP contribution is 2.54. The fourth-order valence-electron chi connectivity index (χ4n) is 3.43. The molecule has 0 saturated heterocycles. The van der Waals surface area contributed by atoms with Crippen molar-refractivity contribution in [1.82, 2.24) is 0 Å². The lowest BCUT2D eigenvalue weighted by molar-refractivity contribution is 0.174. The van der Waals surface area contributed by atoms with Crippen LogP contribution in [0.1, 0.15) is 17.0 Å². The maximum Gasteiger partial charge on any atom is 0.231 e. The topological polar surface area (TPSA) is 72.8 Å². The van der Waals surface area contributed by atoms with Gasteiger partial charge in [0.05, 0.1) is 10.1 Å². The quantitative estimate of drug-likeness (QED) is 0.919. The third-order valence-electron chi connectivity index (χ3n) is 4.80. The molecule has 1 aliphatic carbocycles. The van der Waals surface area contributed by atoms with E-state index in [1.54, 1.807) is 30.3 Å². The van der Waals surface area contributed by atoms with Gasteiger partial charge in [0.15, 0.2) is 21.3 Å². The molecule has 2 aliphatic rings. The minimum absolute atomic E-state index is 0.158. The van der Waals surface area contributed by atoms with Gasteiger partial charge in [0, 0.05) is 18.4 Å². The van der Waals surface area contributed by atoms with Crippen LogP contribution in [0.3, 0.4) is 0 Å². The van der Waals surface area contributed by atoms with Crippen molar-refractivity contribution in [2.45, 2.75) is 23.0 Å². The Morgan fingerprint density at radius 1 is 1.08 bits per heavy atom. The third-order valence-corrected chi connectivity index (χ3v) is 7.09. The second-order valence-corrected chi connectivity index (χ2v) is 8.41. The lowest BCUT2D eigenvalue weighted by atomic mass is 10.1. The summed E-state index contributed by atoms with van der Waals surface area (Å²) in [5, 5.41) is 9.03. The Labute approximate surface area is 140 Å². The number of aryl methyl sites for hydroxylation is 1. The maximum absolute atomic E-state index is 12.9. The Hall–Kier alpha value is -2.05. The van der Waals surface area contributed by atoms with E-state index >= 15 is 0 Å². The van der Waals surface area contributed by atoms with E-state index in [1.165, 1.54) is 0 Å². The molecule has 1 aliphatic heterocycles. The van der Waals surface area contributed by atoms with Crippen LogP contribution in [0.4, 0.5) is 0 Å². The molecule has 0 bridgehead atoms. The molecule has 24 heavy (non-hydrogen) atoms. The van der Waals surface area contributed by atoms with E-state index in [0.717, 1.165) is 11.1 Å². The van der Waals surface area contributed by atoms with Crippen molar-refractivity contribution in [3.05, 3.63) is 53.6 Å². The van der Waals surface area contributed by atoms with Crippen LogP contribution in [0.25, 0.3) is 0 Å². The van der Waals surface area contributed by atoms with Crippen molar-refractivity contribution < 1.29 is 23.0 Å². The van der Waals surface area contributed by atoms with Crippen molar-refractivity contribution in [2.75, 3.05) is 13.4 Å². The number of sulfone groups is 1. The van der Waals surface area contributed by atoms with Crippen molar-refractivity contribution in [3.63, 3.8) is 0 Å². The van der Waals surface area contributed by atoms with Gasteiger partial charge in [0.2, 0.25) is 6.79 Å². The molecule has 126 valence electrons. The van der Waals surface area contributed by atoms with Crippen LogP contribution in [0.2, 0.25) is 0 Å². The molecule has 4 rings (SSSR count). The van der Waals surface area contributed by atoms with Crippen LogP contribution in [0, 0.1) is 12.8 Å². The van der Waals surface area contributed by atoms with Gasteiger partial charge >= 0.3 is 0 Å². The molecule has 0 unspecified atom stereocenters. The minimum atomic E-state index is -3.49. The molecule has 0 aromatic heterocycles. The maximum atomic E-state index is 12.9. The minimum Gasteiger partial charge on any atom is -0.454 e. The predicted molar refractivity (Wildman–Crippen MR) is 88.0 cm³/mol. The van der Waals surface area contributed by atoms with Crippen LogP contribution in [-0.4, -0.2) is 32.2 Å². The number of rotatable bonds is 4. The second kappa shape index (κ2) is 5.50. The molecule has 0 spiro atoms. The molecule has 6 heteroatoms. The summed E-state index contributed by atoms with van der Waals surface area (Å²) in [4.78, 5) is 0.305. The zero-order valence-electron chi connectivity index (χ0n) is 13.2. The smallest absolute Gasteiger partial charge is 0.231 e. The van der Waals surface area contributed by atoms with Gasteiger partial charge in [-0.2, -0.15) is 0 Å². The second-order valence-electron chi connectivity index (χ2n) is 6.31. The molecule has 1 N–H and O–H groups in total. The summed E-state index contributed by atoms with van der Waals surface area (Å²) in [7, 11) is -3.49. The van der Waals surface area contributed by atoms with Gasteiger partial charge in [-0.15, -0.1) is 0 Å². The average Bonchev–Trinajstić information content (AvgIpc) is 3.15. The normalized spacial score (nSPS) is 24.8. The molecule has 0 amide bonds. The van der Waals surface area contributed by atoms with E-state index in [0.29, 0.717) is 16.4 Å². The van der Waals surface area contributed by atoms with E-state index < -0.39 is 15.1 Å². The first kappa shape index (κ1) is 15.5. The molecular formula is C18H18O5S. The summed E-state index contributed by atoms with van der Waals surface area (Å²) in [6.45, 7) is 1.94. The van der Waals surface area contributed by atoms with E-state index in [2.05, 4.69) is 0 Å². The molecule has 3 atom stereocenters. The first-order chi connectivity index (χ1) is 11.5. The number of benzene rings is 2. The summed E-state index contributed by atoms with van der Waals surface area (Å²) < 4.78 is 36.5. The van der Waals surface area contributed by atoms with Gasteiger partial charge in [-0.1, -0.05) is 23.8 Å². The van der Waals surface area contributed by atoms with E-state index in [4.69, 9.17) is 9.47 Å². The fourth-order valence-corrected chi connectivity index (χ4v) is 5.62. The first-order valence-corrected chi connectivity index (χ1v) is 9.38. The standard InChI is InChI=1S/C18H18O5S/c1-11-2-5-13(6-3-11)24(20,21)18-14(9-19)17(18)12-4-7-15-16(8-12)23-10-22-15/h2-8,14,17-19H,9-10H2,1H3/t14-,17-,18+/m0/s1. The Morgan fingerprint density at radius 2 is 1.79 bits per heavy atom. The van der Waals surface area contributed by atoms with Gasteiger partial charge in [-0.25, -0.2) is 8.42 Å². The Morgan fingerprint density at radius 3 is 2.50 bits per heavy atom. The molecule has 2 aromatic carbocycles. The first-order valence-electron chi connectivity index (χ1n) is 7.83. The number of ether oxygens (including phenoxy) is 2. The van der Waals surface area contributed by atoms with Gasteiger partial charge in [0.1, 0.15) is 0 Å². The van der Waals surface area contributed by atoms with Crippen molar-refractivity contribution >= 4 is 9.84 Å². The van der Waals surface area contributed by atoms with Gasteiger partial charge < -0.3 is 14.6 Å². The van der Waals surface area contributed by atoms with Crippen molar-refractivity contribution in [3.8, 4) is 11.5 Å². The Bertz CT molecular complexity index is 873. The van der Waals surface area contributed by atoms with Crippen molar-refractivity contribution in [2.24, 2.45) is 5.92 Å².